The monoisotopic (exact) mass is 183 g/mol. The van der Waals surface area contributed by atoms with Crippen LogP contribution < -0.4 is 5.73 Å². The summed E-state index contributed by atoms with van der Waals surface area (Å²) in [5.41, 5.74) is 6.15. The summed E-state index contributed by atoms with van der Waals surface area (Å²) in [7, 11) is 0. The SMILES string of the molecule is C=C(N)c1c(C)cc(F)c(C)c1F. The summed E-state index contributed by atoms with van der Waals surface area (Å²) < 4.78 is 26.4. The molecule has 0 bridgehead atoms. The lowest BCUT2D eigenvalue weighted by Gasteiger charge is -2.09. The summed E-state index contributed by atoms with van der Waals surface area (Å²) in [6.45, 7) is 6.40. The number of hydrogen-bond donors (Lipinski definition) is 1. The molecular formula is C10H11F2N. The van der Waals surface area contributed by atoms with E-state index in [9.17, 15) is 8.78 Å². The van der Waals surface area contributed by atoms with Crippen LogP contribution in [0.3, 0.4) is 0 Å². The zero-order chi connectivity index (χ0) is 10.2. The van der Waals surface area contributed by atoms with Gasteiger partial charge in [0.05, 0.1) is 0 Å². The maximum absolute atomic E-state index is 13.4. The number of benzene rings is 1. The third-order valence-electron chi connectivity index (χ3n) is 1.97. The van der Waals surface area contributed by atoms with Gasteiger partial charge in [0.15, 0.2) is 0 Å². The zero-order valence-corrected chi connectivity index (χ0v) is 7.62. The van der Waals surface area contributed by atoms with Crippen LogP contribution in [0.4, 0.5) is 8.78 Å². The van der Waals surface area contributed by atoms with E-state index in [2.05, 4.69) is 6.58 Å². The largest absolute Gasteiger partial charge is 0.399 e. The van der Waals surface area contributed by atoms with E-state index in [0.717, 1.165) is 0 Å². The smallest absolute Gasteiger partial charge is 0.138 e. The Labute approximate surface area is 75.9 Å². The molecule has 2 N–H and O–H groups in total. The second-order valence-electron chi connectivity index (χ2n) is 3.01. The van der Waals surface area contributed by atoms with E-state index in [0.29, 0.717) is 5.56 Å². The number of nitrogens with two attached hydrogens (primary N) is 1. The van der Waals surface area contributed by atoms with Gasteiger partial charge in [0.25, 0.3) is 0 Å². The molecule has 0 aliphatic heterocycles. The van der Waals surface area contributed by atoms with Gasteiger partial charge in [-0.25, -0.2) is 8.78 Å². The Balaban J connectivity index is 3.53. The van der Waals surface area contributed by atoms with Gasteiger partial charge in [-0.15, -0.1) is 0 Å². The van der Waals surface area contributed by atoms with Crippen molar-refractivity contribution >= 4 is 5.70 Å². The third-order valence-corrected chi connectivity index (χ3v) is 1.97. The van der Waals surface area contributed by atoms with Crippen molar-refractivity contribution in [3.05, 3.63) is 41.0 Å². The first-order valence-corrected chi connectivity index (χ1v) is 3.85. The molecule has 70 valence electrons. The van der Waals surface area contributed by atoms with Gasteiger partial charge in [-0.1, -0.05) is 6.58 Å². The van der Waals surface area contributed by atoms with Crippen molar-refractivity contribution in [2.24, 2.45) is 5.73 Å². The maximum Gasteiger partial charge on any atom is 0.138 e. The van der Waals surface area contributed by atoms with Crippen molar-refractivity contribution < 1.29 is 8.78 Å². The Kier molecular flexibility index (Phi) is 2.36. The molecule has 0 saturated heterocycles. The summed E-state index contributed by atoms with van der Waals surface area (Å²) in [6, 6.07) is 1.26. The van der Waals surface area contributed by atoms with Crippen LogP contribution in [0.2, 0.25) is 0 Å². The molecule has 3 heteroatoms. The predicted molar refractivity (Wildman–Crippen MR) is 49.1 cm³/mol. The summed E-state index contributed by atoms with van der Waals surface area (Å²) >= 11 is 0. The van der Waals surface area contributed by atoms with Gasteiger partial charge >= 0.3 is 0 Å². The number of aryl methyl sites for hydroxylation is 1. The van der Waals surface area contributed by atoms with Crippen molar-refractivity contribution in [3.8, 4) is 0 Å². The van der Waals surface area contributed by atoms with Gasteiger partial charge in [0.2, 0.25) is 0 Å². The highest BCUT2D eigenvalue weighted by atomic mass is 19.1. The summed E-state index contributed by atoms with van der Waals surface area (Å²) in [4.78, 5) is 0. The molecule has 1 aromatic rings. The van der Waals surface area contributed by atoms with Crippen LogP contribution >= 0.6 is 0 Å². The minimum absolute atomic E-state index is 0.0211. The molecule has 1 nitrogen and oxygen atoms in total. The molecular weight excluding hydrogens is 172 g/mol. The van der Waals surface area contributed by atoms with E-state index < -0.39 is 11.6 Å². The fourth-order valence-electron chi connectivity index (χ4n) is 1.23. The van der Waals surface area contributed by atoms with Gasteiger partial charge < -0.3 is 5.73 Å². The van der Waals surface area contributed by atoms with Crippen LogP contribution in [0.5, 0.6) is 0 Å². The summed E-state index contributed by atoms with van der Waals surface area (Å²) in [5.74, 6) is -1.18. The second kappa shape index (κ2) is 3.17. The van der Waals surface area contributed by atoms with Crippen LogP contribution in [0, 0.1) is 25.5 Å². The van der Waals surface area contributed by atoms with Crippen LogP contribution in [0.1, 0.15) is 16.7 Å². The van der Waals surface area contributed by atoms with Gasteiger partial charge in [-0.2, -0.15) is 0 Å². The molecule has 0 atom stereocenters. The van der Waals surface area contributed by atoms with E-state index in [4.69, 9.17) is 5.73 Å². The van der Waals surface area contributed by atoms with Crippen molar-refractivity contribution in [1.29, 1.82) is 0 Å². The lowest BCUT2D eigenvalue weighted by atomic mass is 10.0. The standard InChI is InChI=1S/C10H11F2N/c1-5-4-8(11)6(2)10(12)9(5)7(3)13/h4H,3,13H2,1-2H3. The zero-order valence-electron chi connectivity index (χ0n) is 7.62. The molecule has 1 aromatic carbocycles. The maximum atomic E-state index is 13.4. The third kappa shape index (κ3) is 1.54. The molecule has 0 aliphatic carbocycles. The normalized spacial score (nSPS) is 10.2. The topological polar surface area (TPSA) is 26.0 Å². The Morgan fingerprint density at radius 1 is 1.38 bits per heavy atom. The molecule has 1 rings (SSSR count). The average Bonchev–Trinajstić information content (AvgIpc) is 1.99. The predicted octanol–water partition coefficient (Wildman–Crippen LogP) is 2.51. The highest BCUT2D eigenvalue weighted by Gasteiger charge is 2.13. The summed E-state index contributed by atoms with van der Waals surface area (Å²) in [5, 5.41) is 0. The average molecular weight is 183 g/mol. The van der Waals surface area contributed by atoms with Crippen LogP contribution in [0.15, 0.2) is 12.6 Å². The van der Waals surface area contributed by atoms with Crippen molar-refractivity contribution in [1.82, 2.24) is 0 Å². The van der Waals surface area contributed by atoms with E-state index in [1.807, 2.05) is 0 Å². The quantitative estimate of drug-likeness (QED) is 0.711. The molecule has 0 unspecified atom stereocenters. The lowest BCUT2D eigenvalue weighted by molar-refractivity contribution is 0.563. The van der Waals surface area contributed by atoms with Crippen LogP contribution in [0.25, 0.3) is 5.70 Å². The molecule has 0 radical (unpaired) electrons. The van der Waals surface area contributed by atoms with Crippen LogP contribution in [-0.2, 0) is 0 Å². The van der Waals surface area contributed by atoms with Crippen molar-refractivity contribution in [2.75, 3.05) is 0 Å². The van der Waals surface area contributed by atoms with E-state index in [1.165, 1.54) is 13.0 Å². The van der Waals surface area contributed by atoms with E-state index in [-0.39, 0.29) is 16.8 Å². The molecule has 0 aliphatic rings. The molecule has 13 heavy (non-hydrogen) atoms. The van der Waals surface area contributed by atoms with Gasteiger partial charge in [0.1, 0.15) is 11.6 Å². The first-order chi connectivity index (χ1) is 5.95. The minimum Gasteiger partial charge on any atom is -0.399 e. The Hall–Kier alpha value is -1.38. The second-order valence-corrected chi connectivity index (χ2v) is 3.01. The lowest BCUT2D eigenvalue weighted by Crippen LogP contribution is -2.04. The number of rotatable bonds is 1. The molecule has 0 spiro atoms. The van der Waals surface area contributed by atoms with E-state index in [1.54, 1.807) is 6.92 Å². The molecule has 0 saturated carbocycles. The van der Waals surface area contributed by atoms with Crippen molar-refractivity contribution in [2.45, 2.75) is 13.8 Å². The first-order valence-electron chi connectivity index (χ1n) is 3.85. The number of hydrogen-bond acceptors (Lipinski definition) is 1. The molecule has 0 heterocycles. The van der Waals surface area contributed by atoms with Gasteiger partial charge in [-0.3, -0.25) is 0 Å². The summed E-state index contributed by atoms with van der Waals surface area (Å²) in [6.07, 6.45) is 0. The minimum atomic E-state index is -0.620. The van der Waals surface area contributed by atoms with Gasteiger partial charge in [-0.05, 0) is 25.5 Å². The van der Waals surface area contributed by atoms with Gasteiger partial charge in [0, 0.05) is 16.8 Å². The highest BCUT2D eigenvalue weighted by molar-refractivity contribution is 5.64. The Morgan fingerprint density at radius 2 is 1.92 bits per heavy atom. The molecule has 0 amide bonds. The fourth-order valence-corrected chi connectivity index (χ4v) is 1.23. The number of halogens is 2. The Bertz CT molecular complexity index is 370. The van der Waals surface area contributed by atoms with Crippen molar-refractivity contribution in [3.63, 3.8) is 0 Å². The fraction of sp³-hybridized carbons (Fsp3) is 0.200. The molecule has 0 fully saturated rings. The van der Waals surface area contributed by atoms with E-state index >= 15 is 0 Å². The molecule has 0 aromatic heterocycles. The Morgan fingerprint density at radius 3 is 2.38 bits per heavy atom. The van der Waals surface area contributed by atoms with Crippen LogP contribution in [-0.4, -0.2) is 0 Å². The highest BCUT2D eigenvalue weighted by Crippen LogP contribution is 2.23. The first kappa shape index (κ1) is 9.71.